The molecule has 270 valence electrons. The van der Waals surface area contributed by atoms with Crippen molar-refractivity contribution in [1.29, 1.82) is 0 Å². The van der Waals surface area contributed by atoms with Crippen molar-refractivity contribution >= 4 is 18.0 Å². The zero-order valence-electron chi connectivity index (χ0n) is 28.6. The van der Waals surface area contributed by atoms with Crippen molar-refractivity contribution in [3.8, 4) is 28.7 Å². The van der Waals surface area contributed by atoms with Gasteiger partial charge in [0.05, 0.1) is 30.8 Å². The van der Waals surface area contributed by atoms with Crippen molar-refractivity contribution in [2.45, 2.75) is 70.2 Å². The maximum absolute atomic E-state index is 13.3. The molecule has 3 aromatic rings. The van der Waals surface area contributed by atoms with Crippen LogP contribution in [0.5, 0.6) is 28.7 Å². The van der Waals surface area contributed by atoms with Crippen LogP contribution in [0.1, 0.15) is 63.5 Å². The number of esters is 1. The van der Waals surface area contributed by atoms with Gasteiger partial charge < -0.3 is 34.5 Å². The number of hydrogen-bond acceptors (Lipinski definition) is 10. The molecule has 11 nitrogen and oxygen atoms in total. The minimum absolute atomic E-state index is 0.0107. The van der Waals surface area contributed by atoms with Crippen LogP contribution in [0.3, 0.4) is 0 Å². The number of phenols is 1. The number of aryl methyl sites for hydroxylation is 1. The third kappa shape index (κ3) is 5.75. The van der Waals surface area contributed by atoms with Gasteiger partial charge in [0.2, 0.25) is 12.7 Å². The first-order valence-electron chi connectivity index (χ1n) is 16.5. The van der Waals surface area contributed by atoms with Gasteiger partial charge in [0.25, 0.3) is 0 Å². The summed E-state index contributed by atoms with van der Waals surface area (Å²) in [7, 11) is 3.39. The van der Waals surface area contributed by atoms with Crippen molar-refractivity contribution in [2.24, 2.45) is 0 Å². The summed E-state index contributed by atoms with van der Waals surface area (Å²) in [5, 5.41) is 26.7. The fourth-order valence-electron chi connectivity index (χ4n) is 8.37. The van der Waals surface area contributed by atoms with Crippen LogP contribution in [-0.4, -0.2) is 77.7 Å². The molecule has 2 unspecified atom stereocenters. The molecular formula is C37H38F3N3O8. The van der Waals surface area contributed by atoms with Crippen LogP contribution in [0.25, 0.3) is 6.08 Å². The lowest BCUT2D eigenvalue weighted by Crippen LogP contribution is -2.69. The molecular weight excluding hydrogens is 671 g/mol. The van der Waals surface area contributed by atoms with Crippen LogP contribution in [0.15, 0.2) is 36.4 Å². The van der Waals surface area contributed by atoms with E-state index < -0.39 is 54.0 Å². The van der Waals surface area contributed by atoms with Gasteiger partial charge in [-0.1, -0.05) is 18.2 Å². The molecule has 4 heterocycles. The maximum atomic E-state index is 13.3. The number of hydrogen-bond donors (Lipinski definition) is 3. The number of aliphatic hydroxyl groups is 1. The van der Waals surface area contributed by atoms with E-state index in [0.717, 1.165) is 29.3 Å². The number of benzene rings is 3. The number of carbonyl (C=O) groups is 2. The molecule has 51 heavy (non-hydrogen) atoms. The standard InChI is InChI=1S/C37H38F3N3O8/c1-17-11-21-13-25-36(47)43-24(30(42(25)4)28(21)31(46)32(17)48-5)14-23-29(35-34(49-16-50-35)18(2)33(23)51-19(3)44)26(43)15-41-27(45)10-9-20-7-6-8-22(12-20)37(38,39)40/h6-12,24-26,30,36,46-47H,13-16H2,1-5H3,(H,41,45)/b10-9+/t24?,25-,26+,30-,36?/m1/s1. The molecule has 14 heteroatoms. The summed E-state index contributed by atoms with van der Waals surface area (Å²) in [6, 6.07) is 4.48. The van der Waals surface area contributed by atoms with Crippen LogP contribution in [-0.2, 0) is 28.6 Å². The molecule has 2 bridgehead atoms. The van der Waals surface area contributed by atoms with Gasteiger partial charge in [-0.05, 0) is 68.6 Å². The molecule has 1 amide bonds. The van der Waals surface area contributed by atoms with Gasteiger partial charge in [-0.2, -0.15) is 13.2 Å². The summed E-state index contributed by atoms with van der Waals surface area (Å²) in [5.74, 6) is 0.325. The lowest BCUT2D eigenvalue weighted by molar-refractivity contribution is -0.172. The number of ether oxygens (including phenoxy) is 4. The highest BCUT2D eigenvalue weighted by Gasteiger charge is 2.56. The van der Waals surface area contributed by atoms with E-state index in [1.165, 1.54) is 32.2 Å². The smallest absolute Gasteiger partial charge is 0.416 e. The molecule has 4 aliphatic rings. The van der Waals surface area contributed by atoms with Crippen LogP contribution >= 0.6 is 0 Å². The van der Waals surface area contributed by atoms with Gasteiger partial charge in [0.15, 0.2) is 23.0 Å². The number of likely N-dealkylation sites (N-methyl/N-ethyl adjacent to an activating group) is 1. The van der Waals surface area contributed by atoms with Crippen molar-refractivity contribution in [2.75, 3.05) is 27.5 Å². The SMILES string of the molecule is COc1c(C)cc2c(c1O)[C@H]1C3Cc4c(OC(C)=O)c(C)c5c(c4[C@H](CNC(=O)/C=C/c4cccc(C(F)(F)F)c4)N3C(O)[C@@H](C2)N1C)OCO5. The minimum atomic E-state index is -4.53. The van der Waals surface area contributed by atoms with E-state index in [-0.39, 0.29) is 31.1 Å². The van der Waals surface area contributed by atoms with E-state index in [9.17, 15) is 33.0 Å². The third-order valence-corrected chi connectivity index (χ3v) is 10.5. The minimum Gasteiger partial charge on any atom is -0.504 e. The Morgan fingerprint density at radius 3 is 2.53 bits per heavy atom. The molecule has 1 fully saturated rings. The number of fused-ring (bicyclic) bond motifs is 9. The predicted molar refractivity (Wildman–Crippen MR) is 178 cm³/mol. The molecule has 3 N–H and O–H groups in total. The van der Waals surface area contributed by atoms with E-state index in [1.54, 1.807) is 6.92 Å². The van der Waals surface area contributed by atoms with Crippen molar-refractivity contribution in [1.82, 2.24) is 15.1 Å². The fraction of sp³-hybridized carbons (Fsp3) is 0.405. The molecule has 0 spiro atoms. The number of methoxy groups -OCH3 is 1. The average molecular weight is 710 g/mol. The molecule has 0 saturated carbocycles. The third-order valence-electron chi connectivity index (χ3n) is 10.5. The Hall–Kier alpha value is -4.79. The molecule has 0 aromatic heterocycles. The lowest BCUT2D eigenvalue weighted by Gasteiger charge is -2.60. The molecule has 4 aliphatic heterocycles. The largest absolute Gasteiger partial charge is 0.504 e. The monoisotopic (exact) mass is 709 g/mol. The maximum Gasteiger partial charge on any atom is 0.416 e. The van der Waals surface area contributed by atoms with Crippen molar-refractivity contribution < 1.29 is 51.9 Å². The second-order valence-electron chi connectivity index (χ2n) is 13.4. The van der Waals surface area contributed by atoms with Gasteiger partial charge in [-0.3, -0.25) is 19.4 Å². The summed E-state index contributed by atoms with van der Waals surface area (Å²) in [6.07, 6.45) is -2.46. The summed E-state index contributed by atoms with van der Waals surface area (Å²) >= 11 is 0. The number of nitrogens with zero attached hydrogens (tertiary/aromatic N) is 2. The Balaban J connectivity index is 1.33. The van der Waals surface area contributed by atoms with E-state index >= 15 is 0 Å². The van der Waals surface area contributed by atoms with Gasteiger partial charge in [0, 0.05) is 47.8 Å². The van der Waals surface area contributed by atoms with Gasteiger partial charge >= 0.3 is 12.1 Å². The molecule has 3 aromatic carbocycles. The number of alkyl halides is 3. The summed E-state index contributed by atoms with van der Waals surface area (Å²) in [4.78, 5) is 29.7. The van der Waals surface area contributed by atoms with Crippen LogP contribution < -0.4 is 24.3 Å². The highest BCUT2D eigenvalue weighted by molar-refractivity contribution is 5.91. The second-order valence-corrected chi connectivity index (χ2v) is 13.4. The molecule has 7 rings (SSSR count). The number of piperazine rings is 1. The van der Waals surface area contributed by atoms with Crippen molar-refractivity contribution in [3.63, 3.8) is 0 Å². The number of amides is 1. The van der Waals surface area contributed by atoms with E-state index in [0.29, 0.717) is 51.7 Å². The first kappa shape index (κ1) is 34.6. The quantitative estimate of drug-likeness (QED) is 0.188. The van der Waals surface area contributed by atoms with Crippen molar-refractivity contribution in [3.05, 3.63) is 80.9 Å². The Morgan fingerprint density at radius 1 is 1.08 bits per heavy atom. The average Bonchev–Trinajstić information content (AvgIpc) is 3.57. The number of halogens is 3. The number of aromatic hydroxyl groups is 1. The number of aliphatic hydroxyl groups excluding tert-OH is 1. The first-order chi connectivity index (χ1) is 24.2. The molecule has 0 radical (unpaired) electrons. The zero-order valence-corrected chi connectivity index (χ0v) is 28.6. The number of carbonyl (C=O) groups excluding carboxylic acids is 2. The Labute approximate surface area is 292 Å². The summed E-state index contributed by atoms with van der Waals surface area (Å²) in [6.45, 7) is 4.76. The number of phenolic OH excluding ortho intramolecular Hbond substituents is 1. The molecule has 1 saturated heterocycles. The topological polar surface area (TPSA) is 130 Å². The summed E-state index contributed by atoms with van der Waals surface area (Å²) < 4.78 is 63.1. The second kappa shape index (κ2) is 12.8. The highest BCUT2D eigenvalue weighted by Crippen LogP contribution is 2.58. The first-order valence-corrected chi connectivity index (χ1v) is 16.5. The normalized spacial score (nSPS) is 23.7. The van der Waals surface area contributed by atoms with Crippen LogP contribution in [0, 0.1) is 13.8 Å². The summed E-state index contributed by atoms with van der Waals surface area (Å²) in [5.41, 5.74) is 3.45. The van der Waals surface area contributed by atoms with E-state index in [1.807, 2.05) is 29.8 Å². The van der Waals surface area contributed by atoms with E-state index in [2.05, 4.69) is 5.32 Å². The van der Waals surface area contributed by atoms with Gasteiger partial charge in [0.1, 0.15) is 12.0 Å². The van der Waals surface area contributed by atoms with E-state index in [4.69, 9.17) is 18.9 Å². The molecule has 5 atom stereocenters. The Bertz CT molecular complexity index is 1960. The Morgan fingerprint density at radius 2 is 1.82 bits per heavy atom. The number of nitrogens with one attached hydrogen (secondary N) is 1. The lowest BCUT2D eigenvalue weighted by atomic mass is 9.73. The number of rotatable bonds is 6. The van der Waals surface area contributed by atoms with Gasteiger partial charge in [-0.15, -0.1) is 0 Å². The van der Waals surface area contributed by atoms with Crippen LogP contribution in [0.4, 0.5) is 13.2 Å². The Kier molecular flexibility index (Phi) is 8.67. The van der Waals surface area contributed by atoms with Gasteiger partial charge in [-0.25, -0.2) is 0 Å². The molecule has 0 aliphatic carbocycles. The zero-order chi connectivity index (χ0) is 36.5. The fourth-order valence-corrected chi connectivity index (χ4v) is 8.37. The predicted octanol–water partition coefficient (Wildman–Crippen LogP) is 4.72. The highest BCUT2D eigenvalue weighted by atomic mass is 19.4. The van der Waals surface area contributed by atoms with Crippen LogP contribution in [0.2, 0.25) is 0 Å².